The Kier molecular flexibility index (Phi) is 5.56. The summed E-state index contributed by atoms with van der Waals surface area (Å²) in [7, 11) is 0. The third-order valence-corrected chi connectivity index (χ3v) is 5.25. The number of ether oxygens (including phenoxy) is 1. The molecular weight excluding hydrogens is 391 g/mol. The van der Waals surface area contributed by atoms with E-state index < -0.39 is 0 Å². The quantitative estimate of drug-likeness (QED) is 0.327. The Hall–Kier alpha value is -2.49. The van der Waals surface area contributed by atoms with Crippen LogP contribution in [0.2, 0.25) is 10.0 Å². The molecule has 0 bridgehead atoms. The summed E-state index contributed by atoms with van der Waals surface area (Å²) >= 11 is 12.5. The Balaban J connectivity index is 1.59. The minimum absolute atomic E-state index is 0.597. The molecule has 3 nitrogen and oxygen atoms in total. The van der Waals surface area contributed by atoms with Gasteiger partial charge < -0.3 is 9.30 Å². The normalized spacial score (nSPS) is 11.1. The van der Waals surface area contributed by atoms with Crippen molar-refractivity contribution in [2.75, 3.05) is 6.61 Å². The summed E-state index contributed by atoms with van der Waals surface area (Å²) in [6.45, 7) is 3.46. The van der Waals surface area contributed by atoms with E-state index in [2.05, 4.69) is 23.6 Å². The average molecular weight is 411 g/mol. The predicted octanol–water partition coefficient (Wildman–Crippen LogP) is 6.79. The van der Waals surface area contributed by atoms with Gasteiger partial charge in [-0.15, -0.1) is 0 Å². The molecule has 0 amide bonds. The molecule has 28 heavy (non-hydrogen) atoms. The predicted molar refractivity (Wildman–Crippen MR) is 116 cm³/mol. The van der Waals surface area contributed by atoms with Crippen LogP contribution < -0.4 is 4.74 Å². The number of aryl methyl sites for hydroxylation is 2. The summed E-state index contributed by atoms with van der Waals surface area (Å²) in [5.41, 5.74) is 4.05. The molecule has 0 aliphatic heterocycles. The third kappa shape index (κ3) is 3.87. The highest BCUT2D eigenvalue weighted by atomic mass is 35.5. The molecular formula is C23H20Cl2N2O. The van der Waals surface area contributed by atoms with E-state index in [0.29, 0.717) is 16.7 Å². The SMILES string of the molecule is Cc1ccccc1OCCCn1c(-c2ccc(Cl)cc2Cl)nc2ccccc21. The van der Waals surface area contributed by atoms with Gasteiger partial charge in [-0.1, -0.05) is 53.5 Å². The van der Waals surface area contributed by atoms with Crippen molar-refractivity contribution >= 4 is 34.2 Å². The van der Waals surface area contributed by atoms with Crippen LogP contribution in [0.5, 0.6) is 5.75 Å². The number of imidazole rings is 1. The van der Waals surface area contributed by atoms with E-state index in [1.807, 2.05) is 48.5 Å². The summed E-state index contributed by atoms with van der Waals surface area (Å²) < 4.78 is 8.15. The Morgan fingerprint density at radius 3 is 2.57 bits per heavy atom. The Bertz CT molecular complexity index is 1120. The van der Waals surface area contributed by atoms with Crippen LogP contribution in [0.15, 0.2) is 66.7 Å². The van der Waals surface area contributed by atoms with Crippen molar-refractivity contribution in [3.63, 3.8) is 0 Å². The molecule has 0 N–H and O–H groups in total. The fourth-order valence-electron chi connectivity index (χ4n) is 3.30. The van der Waals surface area contributed by atoms with Crippen LogP contribution in [0.3, 0.4) is 0 Å². The van der Waals surface area contributed by atoms with Crippen LogP contribution in [-0.4, -0.2) is 16.2 Å². The minimum Gasteiger partial charge on any atom is -0.493 e. The van der Waals surface area contributed by atoms with Gasteiger partial charge in [0.1, 0.15) is 11.6 Å². The molecule has 0 spiro atoms. The van der Waals surface area contributed by atoms with Crippen molar-refractivity contribution in [3.05, 3.63) is 82.3 Å². The van der Waals surface area contributed by atoms with E-state index in [-0.39, 0.29) is 0 Å². The topological polar surface area (TPSA) is 27.1 Å². The standard InChI is InChI=1S/C23H20Cl2N2O/c1-16-7-2-5-10-22(16)28-14-6-13-27-21-9-4-3-8-20(21)26-23(27)18-12-11-17(24)15-19(18)25/h2-5,7-12,15H,6,13-14H2,1H3. The highest BCUT2D eigenvalue weighted by Crippen LogP contribution is 2.32. The third-order valence-electron chi connectivity index (χ3n) is 4.70. The van der Waals surface area contributed by atoms with Crippen molar-refractivity contribution in [3.8, 4) is 17.1 Å². The van der Waals surface area contributed by atoms with E-state index in [9.17, 15) is 0 Å². The summed E-state index contributed by atoms with van der Waals surface area (Å²) in [5, 5.41) is 1.21. The van der Waals surface area contributed by atoms with Crippen LogP contribution in [0.25, 0.3) is 22.4 Å². The van der Waals surface area contributed by atoms with Crippen LogP contribution in [0.1, 0.15) is 12.0 Å². The summed E-state index contributed by atoms with van der Waals surface area (Å²) in [6, 6.07) is 21.7. The monoisotopic (exact) mass is 410 g/mol. The van der Waals surface area contributed by atoms with Gasteiger partial charge in [0.2, 0.25) is 0 Å². The van der Waals surface area contributed by atoms with Crippen LogP contribution >= 0.6 is 23.2 Å². The number of para-hydroxylation sites is 3. The maximum atomic E-state index is 6.46. The lowest BCUT2D eigenvalue weighted by atomic mass is 10.2. The van der Waals surface area contributed by atoms with E-state index in [1.165, 1.54) is 0 Å². The van der Waals surface area contributed by atoms with Gasteiger partial charge in [0.25, 0.3) is 0 Å². The first-order chi connectivity index (χ1) is 13.6. The largest absolute Gasteiger partial charge is 0.493 e. The van der Waals surface area contributed by atoms with Gasteiger partial charge in [0.05, 0.1) is 22.7 Å². The number of aromatic nitrogens is 2. The fraction of sp³-hybridized carbons (Fsp3) is 0.174. The van der Waals surface area contributed by atoms with Crippen LogP contribution in [-0.2, 0) is 6.54 Å². The smallest absolute Gasteiger partial charge is 0.142 e. The van der Waals surface area contributed by atoms with Crippen molar-refractivity contribution < 1.29 is 4.74 Å². The summed E-state index contributed by atoms with van der Waals surface area (Å²) in [5.74, 6) is 1.78. The zero-order chi connectivity index (χ0) is 19.5. The Morgan fingerprint density at radius 2 is 1.75 bits per heavy atom. The van der Waals surface area contributed by atoms with Gasteiger partial charge in [0, 0.05) is 17.1 Å². The lowest BCUT2D eigenvalue weighted by molar-refractivity contribution is 0.301. The lowest BCUT2D eigenvalue weighted by Crippen LogP contribution is -2.06. The summed E-state index contributed by atoms with van der Waals surface area (Å²) in [4.78, 5) is 4.82. The Morgan fingerprint density at radius 1 is 0.964 bits per heavy atom. The van der Waals surface area contributed by atoms with Gasteiger partial charge >= 0.3 is 0 Å². The number of benzene rings is 3. The second-order valence-corrected chi connectivity index (χ2v) is 7.51. The molecule has 0 aliphatic rings. The molecule has 0 fully saturated rings. The number of halogens is 2. The molecule has 0 aliphatic carbocycles. The van der Waals surface area contributed by atoms with E-state index in [4.69, 9.17) is 32.9 Å². The molecule has 0 saturated heterocycles. The van der Waals surface area contributed by atoms with Crippen molar-refractivity contribution in [1.29, 1.82) is 0 Å². The number of fused-ring (bicyclic) bond motifs is 1. The molecule has 4 aromatic rings. The highest BCUT2D eigenvalue weighted by molar-refractivity contribution is 6.36. The second-order valence-electron chi connectivity index (χ2n) is 6.67. The molecule has 0 atom stereocenters. The fourth-order valence-corrected chi connectivity index (χ4v) is 3.79. The highest BCUT2D eigenvalue weighted by Gasteiger charge is 2.15. The molecule has 0 radical (unpaired) electrons. The van der Waals surface area contributed by atoms with Crippen LogP contribution in [0, 0.1) is 6.92 Å². The van der Waals surface area contributed by atoms with Crippen molar-refractivity contribution in [2.24, 2.45) is 0 Å². The van der Waals surface area contributed by atoms with Gasteiger partial charge in [-0.3, -0.25) is 0 Å². The molecule has 0 unspecified atom stereocenters. The van der Waals surface area contributed by atoms with E-state index >= 15 is 0 Å². The molecule has 1 heterocycles. The minimum atomic E-state index is 0.597. The molecule has 3 aromatic carbocycles. The molecule has 142 valence electrons. The second kappa shape index (κ2) is 8.26. The van der Waals surface area contributed by atoms with Gasteiger partial charge in [-0.25, -0.2) is 4.98 Å². The number of rotatable bonds is 6. The molecule has 5 heteroatoms. The maximum Gasteiger partial charge on any atom is 0.142 e. The zero-order valence-electron chi connectivity index (χ0n) is 15.5. The molecule has 1 aromatic heterocycles. The zero-order valence-corrected chi connectivity index (χ0v) is 17.0. The average Bonchev–Trinajstić information content (AvgIpc) is 3.05. The van der Waals surface area contributed by atoms with E-state index in [0.717, 1.165) is 46.7 Å². The first-order valence-electron chi connectivity index (χ1n) is 9.22. The number of hydrogen-bond acceptors (Lipinski definition) is 2. The number of hydrogen-bond donors (Lipinski definition) is 0. The van der Waals surface area contributed by atoms with Gasteiger partial charge in [0.15, 0.2) is 0 Å². The van der Waals surface area contributed by atoms with Crippen LogP contribution in [0.4, 0.5) is 0 Å². The molecule has 0 saturated carbocycles. The number of nitrogens with zero attached hydrogens (tertiary/aromatic N) is 2. The van der Waals surface area contributed by atoms with E-state index in [1.54, 1.807) is 6.07 Å². The van der Waals surface area contributed by atoms with Gasteiger partial charge in [-0.2, -0.15) is 0 Å². The van der Waals surface area contributed by atoms with Crippen molar-refractivity contribution in [1.82, 2.24) is 9.55 Å². The molecule has 4 rings (SSSR count). The first kappa shape index (κ1) is 18.9. The summed E-state index contributed by atoms with van der Waals surface area (Å²) in [6.07, 6.45) is 0.854. The van der Waals surface area contributed by atoms with Crippen molar-refractivity contribution in [2.45, 2.75) is 19.9 Å². The Labute approximate surface area is 174 Å². The lowest BCUT2D eigenvalue weighted by Gasteiger charge is -2.12. The van der Waals surface area contributed by atoms with Gasteiger partial charge in [-0.05, 0) is 55.3 Å². The first-order valence-corrected chi connectivity index (χ1v) is 9.98. The maximum absolute atomic E-state index is 6.46.